The molecule has 1 atom stereocenters. The Hall–Kier alpha value is -2.53. The van der Waals surface area contributed by atoms with E-state index in [1.165, 1.54) is 12.1 Å². The Balaban J connectivity index is 1.71. The van der Waals surface area contributed by atoms with Crippen molar-refractivity contribution >= 4 is 10.8 Å². The van der Waals surface area contributed by atoms with Crippen LogP contribution in [-0.4, -0.2) is 7.11 Å². The molecule has 0 amide bonds. The molecule has 0 aliphatic carbocycles. The van der Waals surface area contributed by atoms with Gasteiger partial charge in [0, 0.05) is 12.6 Å². The molecule has 0 spiro atoms. The molecule has 1 N–H and O–H groups in total. The number of rotatable bonds is 5. The van der Waals surface area contributed by atoms with Crippen molar-refractivity contribution in [2.75, 3.05) is 7.11 Å². The van der Waals surface area contributed by atoms with Crippen LogP contribution in [-0.2, 0) is 12.7 Å². The minimum atomic E-state index is -4.32. The lowest BCUT2D eigenvalue weighted by Crippen LogP contribution is -2.18. The summed E-state index contributed by atoms with van der Waals surface area (Å²) in [5.74, 6) is 0.807. The van der Waals surface area contributed by atoms with E-state index in [9.17, 15) is 13.2 Å². The first kappa shape index (κ1) is 18.3. The predicted molar refractivity (Wildman–Crippen MR) is 97.2 cm³/mol. The number of alkyl halides is 3. The van der Waals surface area contributed by atoms with Crippen molar-refractivity contribution in [1.82, 2.24) is 5.32 Å². The Morgan fingerprint density at radius 2 is 1.69 bits per heavy atom. The highest BCUT2D eigenvalue weighted by Gasteiger charge is 2.30. The van der Waals surface area contributed by atoms with E-state index in [1.54, 1.807) is 13.2 Å². The van der Waals surface area contributed by atoms with Crippen LogP contribution in [0.15, 0.2) is 60.7 Å². The van der Waals surface area contributed by atoms with Gasteiger partial charge in [-0.1, -0.05) is 30.3 Å². The molecular weight excluding hydrogens is 339 g/mol. The number of methoxy groups -OCH3 is 1. The van der Waals surface area contributed by atoms with E-state index in [-0.39, 0.29) is 6.04 Å². The molecule has 1 unspecified atom stereocenters. The van der Waals surface area contributed by atoms with E-state index in [4.69, 9.17) is 4.74 Å². The molecule has 3 aromatic carbocycles. The first-order valence-electron chi connectivity index (χ1n) is 8.34. The predicted octanol–water partition coefficient (Wildman–Crippen LogP) is 5.72. The molecule has 26 heavy (non-hydrogen) atoms. The third-order valence-electron chi connectivity index (χ3n) is 4.44. The molecule has 0 aromatic heterocycles. The summed E-state index contributed by atoms with van der Waals surface area (Å²) in [6, 6.07) is 17.2. The summed E-state index contributed by atoms with van der Waals surface area (Å²) in [6.07, 6.45) is -4.32. The number of halogens is 3. The van der Waals surface area contributed by atoms with Crippen molar-refractivity contribution in [2.24, 2.45) is 0 Å². The molecule has 0 fully saturated rings. The number of fused-ring (bicyclic) bond motifs is 1. The summed E-state index contributed by atoms with van der Waals surface area (Å²) >= 11 is 0. The fourth-order valence-electron chi connectivity index (χ4n) is 2.88. The Bertz CT molecular complexity index is 905. The van der Waals surface area contributed by atoms with Gasteiger partial charge in [-0.15, -0.1) is 0 Å². The smallest absolute Gasteiger partial charge is 0.416 e. The maximum absolute atomic E-state index is 12.9. The second-order valence-corrected chi connectivity index (χ2v) is 6.27. The topological polar surface area (TPSA) is 21.3 Å². The largest absolute Gasteiger partial charge is 0.497 e. The first-order valence-corrected chi connectivity index (χ1v) is 8.34. The normalized spacial score (nSPS) is 13.0. The Morgan fingerprint density at radius 1 is 0.962 bits per heavy atom. The maximum atomic E-state index is 12.9. The highest BCUT2D eigenvalue weighted by atomic mass is 19.4. The summed E-state index contributed by atoms with van der Waals surface area (Å²) in [6.45, 7) is 2.43. The summed E-state index contributed by atoms with van der Waals surface area (Å²) in [5.41, 5.74) is 1.06. The van der Waals surface area contributed by atoms with Crippen molar-refractivity contribution in [3.05, 3.63) is 77.4 Å². The van der Waals surface area contributed by atoms with Gasteiger partial charge in [-0.05, 0) is 59.2 Å². The van der Waals surface area contributed by atoms with Gasteiger partial charge in [0.05, 0.1) is 12.7 Å². The minimum absolute atomic E-state index is 0.191. The third-order valence-corrected chi connectivity index (χ3v) is 4.44. The number of benzene rings is 3. The molecular formula is C21H20F3NO. The lowest BCUT2D eigenvalue weighted by Gasteiger charge is -2.16. The van der Waals surface area contributed by atoms with Crippen LogP contribution in [0.2, 0.25) is 0 Å². The summed E-state index contributed by atoms with van der Waals surface area (Å²) in [7, 11) is 1.63. The van der Waals surface area contributed by atoms with Crippen LogP contribution < -0.4 is 10.1 Å². The fraction of sp³-hybridized carbons (Fsp3) is 0.238. The molecule has 0 aliphatic heterocycles. The minimum Gasteiger partial charge on any atom is -0.497 e. The molecule has 0 aliphatic rings. The number of ether oxygens (including phenoxy) is 1. The lowest BCUT2D eigenvalue weighted by atomic mass is 10.0. The monoisotopic (exact) mass is 359 g/mol. The molecule has 0 heterocycles. The average Bonchev–Trinajstić information content (AvgIpc) is 2.65. The molecule has 0 saturated carbocycles. The SMILES string of the molecule is COc1ccc2cc(CNC(C)c3cccc(C(F)(F)F)c3)ccc2c1. The van der Waals surface area contributed by atoms with Crippen molar-refractivity contribution in [3.63, 3.8) is 0 Å². The van der Waals surface area contributed by atoms with Gasteiger partial charge in [0.15, 0.2) is 0 Å². The van der Waals surface area contributed by atoms with Crippen molar-refractivity contribution in [1.29, 1.82) is 0 Å². The number of hydrogen-bond acceptors (Lipinski definition) is 2. The Labute approximate surface area is 150 Å². The molecule has 0 bridgehead atoms. The van der Waals surface area contributed by atoms with Crippen molar-refractivity contribution in [3.8, 4) is 5.75 Å². The van der Waals surface area contributed by atoms with Crippen molar-refractivity contribution in [2.45, 2.75) is 25.7 Å². The van der Waals surface area contributed by atoms with Crippen LogP contribution in [0.1, 0.15) is 29.7 Å². The zero-order chi connectivity index (χ0) is 18.7. The second kappa shape index (κ2) is 7.38. The van der Waals surface area contributed by atoms with E-state index >= 15 is 0 Å². The lowest BCUT2D eigenvalue weighted by molar-refractivity contribution is -0.137. The highest BCUT2D eigenvalue weighted by Crippen LogP contribution is 2.30. The van der Waals surface area contributed by atoms with E-state index in [2.05, 4.69) is 11.4 Å². The third kappa shape index (κ3) is 4.17. The van der Waals surface area contributed by atoms with E-state index in [0.717, 1.165) is 28.2 Å². The van der Waals surface area contributed by atoms with E-state index in [0.29, 0.717) is 12.1 Å². The molecule has 2 nitrogen and oxygen atoms in total. The van der Waals surface area contributed by atoms with Gasteiger partial charge < -0.3 is 10.1 Å². The first-order chi connectivity index (χ1) is 12.4. The van der Waals surface area contributed by atoms with E-state index < -0.39 is 11.7 Å². The molecule has 0 radical (unpaired) electrons. The van der Waals surface area contributed by atoms with Crippen LogP contribution in [0.25, 0.3) is 10.8 Å². The maximum Gasteiger partial charge on any atom is 0.416 e. The van der Waals surface area contributed by atoms with Gasteiger partial charge in [-0.2, -0.15) is 13.2 Å². The van der Waals surface area contributed by atoms with Gasteiger partial charge >= 0.3 is 6.18 Å². The van der Waals surface area contributed by atoms with Crippen LogP contribution >= 0.6 is 0 Å². The zero-order valence-electron chi connectivity index (χ0n) is 14.6. The second-order valence-electron chi connectivity index (χ2n) is 6.27. The van der Waals surface area contributed by atoms with Crippen LogP contribution in [0, 0.1) is 0 Å². The fourth-order valence-corrected chi connectivity index (χ4v) is 2.88. The van der Waals surface area contributed by atoms with Crippen LogP contribution in [0.3, 0.4) is 0 Å². The van der Waals surface area contributed by atoms with Gasteiger partial charge in [0.1, 0.15) is 5.75 Å². The molecule has 136 valence electrons. The quantitative estimate of drug-likeness (QED) is 0.629. The van der Waals surface area contributed by atoms with Crippen LogP contribution in [0.4, 0.5) is 13.2 Å². The molecule has 5 heteroatoms. The van der Waals surface area contributed by atoms with Crippen LogP contribution in [0.5, 0.6) is 5.75 Å². The Kier molecular flexibility index (Phi) is 5.18. The molecule has 3 aromatic rings. The van der Waals surface area contributed by atoms with Gasteiger partial charge in [0.25, 0.3) is 0 Å². The summed E-state index contributed by atoms with van der Waals surface area (Å²) in [4.78, 5) is 0. The van der Waals surface area contributed by atoms with Crippen molar-refractivity contribution < 1.29 is 17.9 Å². The average molecular weight is 359 g/mol. The zero-order valence-corrected chi connectivity index (χ0v) is 14.6. The molecule has 3 rings (SSSR count). The van der Waals surface area contributed by atoms with E-state index in [1.807, 2.05) is 37.3 Å². The van der Waals surface area contributed by atoms with Gasteiger partial charge in [-0.3, -0.25) is 0 Å². The summed E-state index contributed by atoms with van der Waals surface area (Å²) < 4.78 is 43.8. The van der Waals surface area contributed by atoms with Gasteiger partial charge in [0.2, 0.25) is 0 Å². The molecule has 0 saturated heterocycles. The standard InChI is InChI=1S/C21H20F3NO/c1-14(16-4-3-5-19(11-16)21(22,23)24)25-13-15-6-7-18-12-20(26-2)9-8-17(18)10-15/h3-12,14,25H,13H2,1-2H3. The van der Waals surface area contributed by atoms with Gasteiger partial charge in [-0.25, -0.2) is 0 Å². The highest BCUT2D eigenvalue weighted by molar-refractivity contribution is 5.84. The Morgan fingerprint density at radius 3 is 2.42 bits per heavy atom. The number of nitrogens with one attached hydrogen (secondary N) is 1. The number of hydrogen-bond donors (Lipinski definition) is 1. The summed E-state index contributed by atoms with van der Waals surface area (Å²) in [5, 5.41) is 5.47.